The van der Waals surface area contributed by atoms with Crippen LogP contribution >= 0.6 is 15.9 Å². The summed E-state index contributed by atoms with van der Waals surface area (Å²) < 4.78 is 14.7. The van der Waals surface area contributed by atoms with Gasteiger partial charge in [0, 0.05) is 17.5 Å². The minimum Gasteiger partial charge on any atom is -0.306 e. The summed E-state index contributed by atoms with van der Waals surface area (Å²) in [7, 11) is 0. The third-order valence-electron chi connectivity index (χ3n) is 2.95. The molecule has 2 nitrogen and oxygen atoms in total. The van der Waals surface area contributed by atoms with Crippen LogP contribution in [0.15, 0.2) is 41.0 Å². The van der Waals surface area contributed by atoms with E-state index in [0.29, 0.717) is 10.0 Å². The predicted molar refractivity (Wildman–Crippen MR) is 78.6 cm³/mol. The lowest BCUT2D eigenvalue weighted by Crippen LogP contribution is -2.23. The Bertz CT molecular complexity index is 572. The first-order valence-corrected chi connectivity index (χ1v) is 7.02. The summed E-state index contributed by atoms with van der Waals surface area (Å²) >= 11 is 3.24. The van der Waals surface area contributed by atoms with Crippen molar-refractivity contribution in [2.45, 2.75) is 19.9 Å². The first kappa shape index (κ1) is 14.2. The fourth-order valence-corrected chi connectivity index (χ4v) is 2.48. The summed E-state index contributed by atoms with van der Waals surface area (Å²) in [5, 5.41) is 3.32. The van der Waals surface area contributed by atoms with Gasteiger partial charge in [-0.05, 0) is 53.2 Å². The van der Waals surface area contributed by atoms with Crippen LogP contribution in [0.3, 0.4) is 0 Å². The average Bonchev–Trinajstić information content (AvgIpc) is 2.40. The highest BCUT2D eigenvalue weighted by atomic mass is 79.9. The number of hydrogen-bond acceptors (Lipinski definition) is 2. The summed E-state index contributed by atoms with van der Waals surface area (Å²) in [6.07, 6.45) is 1.75. The smallest absolute Gasteiger partial charge is 0.142 e. The van der Waals surface area contributed by atoms with Gasteiger partial charge in [0.2, 0.25) is 0 Å². The van der Waals surface area contributed by atoms with E-state index in [1.54, 1.807) is 12.3 Å². The molecule has 1 atom stereocenters. The van der Waals surface area contributed by atoms with E-state index in [0.717, 1.165) is 17.8 Å². The van der Waals surface area contributed by atoms with Crippen LogP contribution in [0.4, 0.5) is 4.39 Å². The van der Waals surface area contributed by atoms with Crippen molar-refractivity contribution in [3.63, 3.8) is 0 Å². The molecule has 1 aromatic heterocycles. The minimum atomic E-state index is -0.220. The van der Waals surface area contributed by atoms with E-state index in [-0.39, 0.29) is 11.9 Å². The number of aromatic nitrogens is 1. The fourth-order valence-electron chi connectivity index (χ4n) is 2.10. The number of hydrogen-bond donors (Lipinski definition) is 1. The summed E-state index contributed by atoms with van der Waals surface area (Å²) in [6.45, 7) is 4.71. The Hall–Kier alpha value is -1.26. The molecule has 0 amide bonds. The lowest BCUT2D eigenvalue weighted by molar-refractivity contribution is 0.554. The van der Waals surface area contributed by atoms with Gasteiger partial charge in [0.05, 0.1) is 10.5 Å². The Kier molecular flexibility index (Phi) is 4.66. The Morgan fingerprint density at radius 3 is 2.84 bits per heavy atom. The lowest BCUT2D eigenvalue weighted by atomic mass is 9.98. The quantitative estimate of drug-likeness (QED) is 0.920. The van der Waals surface area contributed by atoms with Crippen molar-refractivity contribution in [1.29, 1.82) is 0 Å². The van der Waals surface area contributed by atoms with Crippen molar-refractivity contribution >= 4 is 15.9 Å². The SMILES string of the molecule is CCNC(c1ccnc(C)c1)c1cccc(Br)c1F. The highest BCUT2D eigenvalue weighted by Gasteiger charge is 2.18. The zero-order chi connectivity index (χ0) is 13.8. The molecular formula is C15H16BrFN2. The second kappa shape index (κ2) is 6.26. The minimum absolute atomic E-state index is 0.163. The summed E-state index contributed by atoms with van der Waals surface area (Å²) in [6, 6.07) is 9.10. The number of halogens is 2. The molecule has 0 saturated carbocycles. The van der Waals surface area contributed by atoms with Gasteiger partial charge >= 0.3 is 0 Å². The second-order valence-electron chi connectivity index (χ2n) is 4.36. The van der Waals surface area contributed by atoms with E-state index < -0.39 is 0 Å². The number of aryl methyl sites for hydroxylation is 1. The maximum atomic E-state index is 14.3. The first-order chi connectivity index (χ1) is 9.13. The molecule has 0 bridgehead atoms. The number of rotatable bonds is 4. The molecule has 0 radical (unpaired) electrons. The van der Waals surface area contributed by atoms with Crippen LogP contribution in [0, 0.1) is 12.7 Å². The monoisotopic (exact) mass is 322 g/mol. The predicted octanol–water partition coefficient (Wildman–Crippen LogP) is 3.99. The van der Waals surface area contributed by atoms with E-state index in [1.165, 1.54) is 0 Å². The molecular weight excluding hydrogens is 307 g/mol. The molecule has 2 aromatic rings. The van der Waals surface area contributed by atoms with Crippen molar-refractivity contribution in [2.75, 3.05) is 6.54 Å². The van der Waals surface area contributed by atoms with Gasteiger partial charge in [-0.3, -0.25) is 4.98 Å². The maximum absolute atomic E-state index is 14.3. The topological polar surface area (TPSA) is 24.9 Å². The van der Waals surface area contributed by atoms with E-state index in [2.05, 4.69) is 26.2 Å². The van der Waals surface area contributed by atoms with Crippen molar-refractivity contribution in [2.24, 2.45) is 0 Å². The fraction of sp³-hybridized carbons (Fsp3) is 0.267. The van der Waals surface area contributed by atoms with Gasteiger partial charge in [-0.1, -0.05) is 19.1 Å². The molecule has 0 aliphatic rings. The van der Waals surface area contributed by atoms with Crippen LogP contribution in [-0.4, -0.2) is 11.5 Å². The third kappa shape index (κ3) is 3.19. The van der Waals surface area contributed by atoms with Gasteiger partial charge in [-0.15, -0.1) is 0 Å². The summed E-state index contributed by atoms with van der Waals surface area (Å²) in [5.41, 5.74) is 2.59. The Morgan fingerprint density at radius 1 is 1.37 bits per heavy atom. The molecule has 0 aliphatic carbocycles. The van der Waals surface area contributed by atoms with Crippen LogP contribution in [0.25, 0.3) is 0 Å². The number of benzene rings is 1. The van der Waals surface area contributed by atoms with Gasteiger partial charge in [0.25, 0.3) is 0 Å². The standard InChI is InChI=1S/C15H16BrFN2/c1-3-18-15(11-7-8-19-10(2)9-11)12-5-4-6-13(16)14(12)17/h4-9,15,18H,3H2,1-2H3. The van der Waals surface area contributed by atoms with E-state index in [9.17, 15) is 4.39 Å². The number of nitrogens with zero attached hydrogens (tertiary/aromatic N) is 1. The van der Waals surface area contributed by atoms with Gasteiger partial charge in [0.15, 0.2) is 0 Å². The first-order valence-electron chi connectivity index (χ1n) is 6.23. The largest absolute Gasteiger partial charge is 0.306 e. The summed E-state index contributed by atoms with van der Waals surface area (Å²) in [4.78, 5) is 4.19. The molecule has 1 heterocycles. The molecule has 0 aliphatic heterocycles. The zero-order valence-electron chi connectivity index (χ0n) is 11.0. The van der Waals surface area contributed by atoms with Crippen molar-refractivity contribution < 1.29 is 4.39 Å². The van der Waals surface area contributed by atoms with E-state index in [1.807, 2.05) is 38.1 Å². The highest BCUT2D eigenvalue weighted by molar-refractivity contribution is 9.10. The van der Waals surface area contributed by atoms with E-state index >= 15 is 0 Å². The number of nitrogens with one attached hydrogen (secondary N) is 1. The number of pyridine rings is 1. The van der Waals surface area contributed by atoms with Crippen LogP contribution in [0.5, 0.6) is 0 Å². The normalized spacial score (nSPS) is 12.4. The maximum Gasteiger partial charge on any atom is 0.142 e. The van der Waals surface area contributed by atoms with Crippen LogP contribution in [0.2, 0.25) is 0 Å². The van der Waals surface area contributed by atoms with Gasteiger partial charge in [-0.2, -0.15) is 0 Å². The van der Waals surface area contributed by atoms with Crippen molar-refractivity contribution in [3.8, 4) is 0 Å². The average molecular weight is 323 g/mol. The Morgan fingerprint density at radius 2 is 2.16 bits per heavy atom. The zero-order valence-corrected chi connectivity index (χ0v) is 12.5. The molecule has 100 valence electrons. The molecule has 19 heavy (non-hydrogen) atoms. The molecule has 2 rings (SSSR count). The summed E-state index contributed by atoms with van der Waals surface area (Å²) in [5.74, 6) is -0.220. The third-order valence-corrected chi connectivity index (χ3v) is 3.57. The molecule has 0 spiro atoms. The van der Waals surface area contributed by atoms with Crippen LogP contribution in [-0.2, 0) is 0 Å². The Labute approximate surface area is 121 Å². The van der Waals surface area contributed by atoms with E-state index in [4.69, 9.17) is 0 Å². The van der Waals surface area contributed by atoms with Gasteiger partial charge in [-0.25, -0.2) is 4.39 Å². The lowest BCUT2D eigenvalue weighted by Gasteiger charge is -2.20. The molecule has 1 unspecified atom stereocenters. The second-order valence-corrected chi connectivity index (χ2v) is 5.22. The Balaban J connectivity index is 2.48. The molecule has 1 N–H and O–H groups in total. The van der Waals surface area contributed by atoms with Crippen LogP contribution in [0.1, 0.15) is 29.8 Å². The molecule has 0 fully saturated rings. The van der Waals surface area contributed by atoms with Crippen molar-refractivity contribution in [1.82, 2.24) is 10.3 Å². The molecule has 1 aromatic carbocycles. The van der Waals surface area contributed by atoms with Gasteiger partial charge in [0.1, 0.15) is 5.82 Å². The van der Waals surface area contributed by atoms with Crippen molar-refractivity contribution in [3.05, 3.63) is 63.6 Å². The highest BCUT2D eigenvalue weighted by Crippen LogP contribution is 2.28. The molecule has 0 saturated heterocycles. The van der Waals surface area contributed by atoms with Gasteiger partial charge < -0.3 is 5.32 Å². The van der Waals surface area contributed by atoms with Crippen LogP contribution < -0.4 is 5.32 Å². The molecule has 4 heteroatoms.